The lowest BCUT2D eigenvalue weighted by molar-refractivity contribution is -0.130. The molecular formula is C13H17F3N2O. The van der Waals surface area contributed by atoms with Gasteiger partial charge in [0.15, 0.2) is 17.5 Å². The lowest BCUT2D eigenvalue weighted by Crippen LogP contribution is -2.31. The van der Waals surface area contributed by atoms with Gasteiger partial charge in [-0.3, -0.25) is 4.79 Å². The summed E-state index contributed by atoms with van der Waals surface area (Å²) >= 11 is 0. The standard InChI is InChI=1S/C13H17F3N2O/c1-3-18(4-2)11(19)7-8-17-10-6-5-9(14)12(15)13(10)16/h5-6,17H,3-4,7-8H2,1-2H3. The van der Waals surface area contributed by atoms with Gasteiger partial charge in [0.2, 0.25) is 5.91 Å². The van der Waals surface area contributed by atoms with E-state index in [1.165, 1.54) is 0 Å². The van der Waals surface area contributed by atoms with Crippen LogP contribution >= 0.6 is 0 Å². The van der Waals surface area contributed by atoms with E-state index >= 15 is 0 Å². The molecule has 0 atom stereocenters. The van der Waals surface area contributed by atoms with Gasteiger partial charge in [-0.05, 0) is 26.0 Å². The largest absolute Gasteiger partial charge is 0.382 e. The highest BCUT2D eigenvalue weighted by atomic mass is 19.2. The highest BCUT2D eigenvalue weighted by Gasteiger charge is 2.14. The van der Waals surface area contributed by atoms with E-state index in [0.717, 1.165) is 12.1 Å². The van der Waals surface area contributed by atoms with Crippen molar-refractivity contribution in [2.75, 3.05) is 25.0 Å². The average Bonchev–Trinajstić information content (AvgIpc) is 2.40. The molecule has 0 bridgehead atoms. The Morgan fingerprint density at radius 3 is 2.37 bits per heavy atom. The fourth-order valence-electron chi connectivity index (χ4n) is 1.70. The van der Waals surface area contributed by atoms with Crippen LogP contribution < -0.4 is 5.32 Å². The Morgan fingerprint density at radius 2 is 1.79 bits per heavy atom. The van der Waals surface area contributed by atoms with Gasteiger partial charge >= 0.3 is 0 Å². The van der Waals surface area contributed by atoms with Crippen LogP contribution in [0.3, 0.4) is 0 Å². The molecule has 6 heteroatoms. The van der Waals surface area contributed by atoms with Gasteiger partial charge in [-0.15, -0.1) is 0 Å². The van der Waals surface area contributed by atoms with Gasteiger partial charge in [-0.1, -0.05) is 0 Å². The summed E-state index contributed by atoms with van der Waals surface area (Å²) < 4.78 is 39.0. The molecule has 1 amide bonds. The molecule has 0 unspecified atom stereocenters. The van der Waals surface area contributed by atoms with E-state index in [-0.39, 0.29) is 24.6 Å². The summed E-state index contributed by atoms with van der Waals surface area (Å²) in [6.45, 7) is 5.11. The summed E-state index contributed by atoms with van der Waals surface area (Å²) in [5.41, 5.74) is -0.147. The van der Waals surface area contributed by atoms with Crippen molar-refractivity contribution in [3.05, 3.63) is 29.6 Å². The van der Waals surface area contributed by atoms with Gasteiger partial charge in [0.25, 0.3) is 0 Å². The first-order valence-electron chi connectivity index (χ1n) is 6.16. The summed E-state index contributed by atoms with van der Waals surface area (Å²) in [5.74, 6) is -4.09. The van der Waals surface area contributed by atoms with E-state index in [1.54, 1.807) is 4.90 Å². The molecule has 1 rings (SSSR count). The smallest absolute Gasteiger partial charge is 0.224 e. The van der Waals surface area contributed by atoms with Gasteiger partial charge in [-0.2, -0.15) is 0 Å². The number of halogens is 3. The van der Waals surface area contributed by atoms with E-state index in [2.05, 4.69) is 5.32 Å². The predicted molar refractivity (Wildman–Crippen MR) is 67.4 cm³/mol. The molecule has 1 aromatic rings. The zero-order valence-electron chi connectivity index (χ0n) is 11.0. The van der Waals surface area contributed by atoms with Crippen LogP contribution in [0.2, 0.25) is 0 Å². The molecule has 0 aromatic heterocycles. The van der Waals surface area contributed by atoms with E-state index in [1.807, 2.05) is 13.8 Å². The predicted octanol–water partition coefficient (Wildman–Crippen LogP) is 2.77. The maximum Gasteiger partial charge on any atom is 0.224 e. The third-order valence-corrected chi connectivity index (χ3v) is 2.81. The Labute approximate surface area is 110 Å². The Bertz CT molecular complexity index is 448. The van der Waals surface area contributed by atoms with Crippen molar-refractivity contribution in [1.29, 1.82) is 0 Å². The van der Waals surface area contributed by atoms with Crippen LogP contribution in [0, 0.1) is 17.5 Å². The maximum atomic E-state index is 13.3. The molecule has 0 aliphatic heterocycles. The highest BCUT2D eigenvalue weighted by molar-refractivity contribution is 5.76. The van der Waals surface area contributed by atoms with Crippen LogP contribution in [0.15, 0.2) is 12.1 Å². The second-order valence-corrected chi connectivity index (χ2v) is 3.97. The molecule has 3 nitrogen and oxygen atoms in total. The van der Waals surface area contributed by atoms with E-state index < -0.39 is 17.5 Å². The highest BCUT2D eigenvalue weighted by Crippen LogP contribution is 2.19. The SMILES string of the molecule is CCN(CC)C(=O)CCNc1ccc(F)c(F)c1F. The lowest BCUT2D eigenvalue weighted by atomic mass is 10.2. The second kappa shape index (κ2) is 7.01. The first-order valence-corrected chi connectivity index (χ1v) is 6.16. The van der Waals surface area contributed by atoms with Crippen molar-refractivity contribution >= 4 is 11.6 Å². The van der Waals surface area contributed by atoms with Crippen LogP contribution in [0.4, 0.5) is 18.9 Å². The number of hydrogen-bond donors (Lipinski definition) is 1. The number of nitrogens with zero attached hydrogens (tertiary/aromatic N) is 1. The minimum Gasteiger partial charge on any atom is -0.382 e. The van der Waals surface area contributed by atoms with Crippen molar-refractivity contribution in [3.63, 3.8) is 0 Å². The molecule has 0 saturated carbocycles. The number of hydrogen-bond acceptors (Lipinski definition) is 2. The second-order valence-electron chi connectivity index (χ2n) is 3.97. The minimum atomic E-state index is -1.51. The first kappa shape index (κ1) is 15.3. The number of amides is 1. The average molecular weight is 274 g/mol. The number of carbonyl (C=O) groups excluding carboxylic acids is 1. The Morgan fingerprint density at radius 1 is 1.16 bits per heavy atom. The number of anilines is 1. The summed E-state index contributed by atoms with van der Waals surface area (Å²) in [7, 11) is 0. The van der Waals surface area contributed by atoms with Gasteiger partial charge < -0.3 is 10.2 Å². The monoisotopic (exact) mass is 274 g/mol. The van der Waals surface area contributed by atoms with Crippen molar-refractivity contribution < 1.29 is 18.0 Å². The molecule has 0 aliphatic rings. The fraction of sp³-hybridized carbons (Fsp3) is 0.462. The van der Waals surface area contributed by atoms with Gasteiger partial charge in [-0.25, -0.2) is 13.2 Å². The van der Waals surface area contributed by atoms with Gasteiger partial charge in [0.05, 0.1) is 5.69 Å². The number of rotatable bonds is 6. The van der Waals surface area contributed by atoms with Crippen LogP contribution in [0.1, 0.15) is 20.3 Å². The first-order chi connectivity index (χ1) is 9.01. The molecule has 0 aliphatic carbocycles. The quantitative estimate of drug-likeness (QED) is 0.809. The lowest BCUT2D eigenvalue weighted by Gasteiger charge is -2.18. The molecule has 0 saturated heterocycles. The number of carbonyl (C=O) groups is 1. The van der Waals surface area contributed by atoms with E-state index in [9.17, 15) is 18.0 Å². The molecule has 1 aromatic carbocycles. The number of benzene rings is 1. The summed E-state index contributed by atoms with van der Waals surface area (Å²) in [6.07, 6.45) is 0.167. The van der Waals surface area contributed by atoms with Crippen molar-refractivity contribution in [2.24, 2.45) is 0 Å². The van der Waals surface area contributed by atoms with Crippen molar-refractivity contribution in [2.45, 2.75) is 20.3 Å². The van der Waals surface area contributed by atoms with Crippen molar-refractivity contribution in [1.82, 2.24) is 4.90 Å². The summed E-state index contributed by atoms with van der Waals surface area (Å²) in [4.78, 5) is 13.3. The maximum absolute atomic E-state index is 13.3. The summed E-state index contributed by atoms with van der Waals surface area (Å²) in [5, 5.41) is 2.59. The Hall–Kier alpha value is -1.72. The van der Waals surface area contributed by atoms with Crippen molar-refractivity contribution in [3.8, 4) is 0 Å². The molecule has 1 N–H and O–H groups in total. The third kappa shape index (κ3) is 3.87. The van der Waals surface area contributed by atoms with Crippen LogP contribution in [0.5, 0.6) is 0 Å². The third-order valence-electron chi connectivity index (χ3n) is 2.81. The molecule has 106 valence electrons. The Kier molecular flexibility index (Phi) is 5.66. The molecule has 0 radical (unpaired) electrons. The zero-order valence-corrected chi connectivity index (χ0v) is 11.0. The molecular weight excluding hydrogens is 257 g/mol. The summed E-state index contributed by atoms with van der Waals surface area (Å²) in [6, 6.07) is 1.95. The van der Waals surface area contributed by atoms with Gasteiger partial charge in [0, 0.05) is 26.1 Å². The van der Waals surface area contributed by atoms with Crippen LogP contribution in [-0.4, -0.2) is 30.4 Å². The normalized spacial score (nSPS) is 10.4. The molecule has 0 heterocycles. The number of nitrogens with one attached hydrogen (secondary N) is 1. The van der Waals surface area contributed by atoms with Crippen LogP contribution in [-0.2, 0) is 4.79 Å². The zero-order chi connectivity index (χ0) is 14.4. The molecule has 0 spiro atoms. The van der Waals surface area contributed by atoms with E-state index in [4.69, 9.17) is 0 Å². The van der Waals surface area contributed by atoms with Gasteiger partial charge in [0.1, 0.15) is 0 Å². The Balaban J connectivity index is 2.54. The minimum absolute atomic E-state index is 0.0690. The fourth-order valence-corrected chi connectivity index (χ4v) is 1.70. The van der Waals surface area contributed by atoms with Crippen LogP contribution in [0.25, 0.3) is 0 Å². The van der Waals surface area contributed by atoms with E-state index in [0.29, 0.717) is 13.1 Å². The molecule has 19 heavy (non-hydrogen) atoms. The topological polar surface area (TPSA) is 32.3 Å². The molecule has 0 fully saturated rings.